The van der Waals surface area contributed by atoms with Gasteiger partial charge in [0.2, 0.25) is 0 Å². The van der Waals surface area contributed by atoms with Gasteiger partial charge in [-0.25, -0.2) is 4.39 Å². The minimum absolute atomic E-state index is 0.196. The number of hydrogen-bond donors (Lipinski definition) is 1. The predicted molar refractivity (Wildman–Crippen MR) is 77.4 cm³/mol. The summed E-state index contributed by atoms with van der Waals surface area (Å²) >= 11 is 0. The van der Waals surface area contributed by atoms with E-state index in [1.807, 2.05) is 12.1 Å². The number of ether oxygens (including phenoxy) is 2. The van der Waals surface area contributed by atoms with Gasteiger partial charge in [-0.3, -0.25) is 0 Å². The second kappa shape index (κ2) is 8.35. The van der Waals surface area contributed by atoms with Crippen LogP contribution in [0.4, 0.5) is 4.39 Å². The molecular formula is C16H24FNO2. The van der Waals surface area contributed by atoms with Gasteiger partial charge in [-0.15, -0.1) is 0 Å². The van der Waals surface area contributed by atoms with Gasteiger partial charge in [-0.1, -0.05) is 12.1 Å². The highest BCUT2D eigenvalue weighted by Crippen LogP contribution is 2.29. The quantitative estimate of drug-likeness (QED) is 0.669. The van der Waals surface area contributed by atoms with Crippen LogP contribution < -0.4 is 5.32 Å². The number of rotatable bonds is 10. The van der Waals surface area contributed by atoms with Crippen LogP contribution in [0, 0.1) is 11.7 Å². The lowest BCUT2D eigenvalue weighted by Gasteiger charge is -2.18. The van der Waals surface area contributed by atoms with Crippen molar-refractivity contribution in [3.05, 3.63) is 35.6 Å². The van der Waals surface area contributed by atoms with Crippen LogP contribution in [0.15, 0.2) is 24.3 Å². The molecule has 1 atom stereocenters. The summed E-state index contributed by atoms with van der Waals surface area (Å²) in [6, 6.07) is 6.72. The Kier molecular flexibility index (Phi) is 6.43. The first kappa shape index (κ1) is 15.4. The zero-order valence-corrected chi connectivity index (χ0v) is 12.1. The van der Waals surface area contributed by atoms with Crippen molar-refractivity contribution in [2.75, 3.05) is 40.0 Å². The smallest absolute Gasteiger partial charge is 0.123 e. The van der Waals surface area contributed by atoms with Crippen LogP contribution >= 0.6 is 0 Å². The Morgan fingerprint density at radius 3 is 2.70 bits per heavy atom. The van der Waals surface area contributed by atoms with Crippen molar-refractivity contribution in [3.8, 4) is 0 Å². The topological polar surface area (TPSA) is 30.5 Å². The molecule has 3 nitrogen and oxygen atoms in total. The van der Waals surface area contributed by atoms with Crippen molar-refractivity contribution < 1.29 is 13.9 Å². The second-order valence-electron chi connectivity index (χ2n) is 5.43. The monoisotopic (exact) mass is 281 g/mol. The Morgan fingerprint density at radius 1 is 1.30 bits per heavy atom. The molecule has 0 radical (unpaired) electrons. The Labute approximate surface area is 120 Å². The fourth-order valence-corrected chi connectivity index (χ4v) is 2.12. The van der Waals surface area contributed by atoms with Crippen LogP contribution in [0.3, 0.4) is 0 Å². The van der Waals surface area contributed by atoms with Crippen LogP contribution in [0.25, 0.3) is 0 Å². The maximum atomic E-state index is 13.0. The zero-order chi connectivity index (χ0) is 14.2. The molecule has 0 aromatic heterocycles. The molecule has 1 unspecified atom stereocenters. The van der Waals surface area contributed by atoms with Gasteiger partial charge in [0.05, 0.1) is 13.2 Å². The summed E-state index contributed by atoms with van der Waals surface area (Å²) in [6.45, 7) is 3.87. The summed E-state index contributed by atoms with van der Waals surface area (Å²) in [5.41, 5.74) is 1.12. The fraction of sp³-hybridized carbons (Fsp3) is 0.625. The Bertz CT molecular complexity index is 379. The molecule has 112 valence electrons. The summed E-state index contributed by atoms with van der Waals surface area (Å²) in [5, 5.41) is 3.35. The minimum atomic E-state index is -0.196. The van der Waals surface area contributed by atoms with E-state index in [0.29, 0.717) is 13.2 Å². The summed E-state index contributed by atoms with van der Waals surface area (Å²) in [5.74, 6) is 0.829. The van der Waals surface area contributed by atoms with Crippen molar-refractivity contribution in [3.63, 3.8) is 0 Å². The molecule has 0 aliphatic heterocycles. The normalized spacial score (nSPS) is 16.3. The van der Waals surface area contributed by atoms with Gasteiger partial charge in [0.15, 0.2) is 0 Å². The van der Waals surface area contributed by atoms with Crippen LogP contribution in [0.5, 0.6) is 0 Å². The molecule has 4 heteroatoms. The van der Waals surface area contributed by atoms with E-state index in [4.69, 9.17) is 9.47 Å². The lowest BCUT2D eigenvalue weighted by molar-refractivity contribution is 0.109. The molecule has 1 aliphatic rings. The van der Waals surface area contributed by atoms with E-state index in [0.717, 1.165) is 31.2 Å². The summed E-state index contributed by atoms with van der Waals surface area (Å²) in [6.07, 6.45) is 2.60. The molecule has 0 heterocycles. The van der Waals surface area contributed by atoms with E-state index >= 15 is 0 Å². The summed E-state index contributed by atoms with van der Waals surface area (Å²) < 4.78 is 23.8. The molecule has 2 rings (SSSR count). The van der Waals surface area contributed by atoms with Gasteiger partial charge in [-0.05, 0) is 36.5 Å². The van der Waals surface area contributed by atoms with E-state index < -0.39 is 0 Å². The van der Waals surface area contributed by atoms with Crippen molar-refractivity contribution in [1.82, 2.24) is 5.32 Å². The lowest BCUT2D eigenvalue weighted by atomic mass is 10.00. The van der Waals surface area contributed by atoms with Gasteiger partial charge in [0.25, 0.3) is 0 Å². The third-order valence-corrected chi connectivity index (χ3v) is 3.58. The van der Waals surface area contributed by atoms with Crippen LogP contribution in [0.2, 0.25) is 0 Å². The number of nitrogens with one attached hydrogen (secondary N) is 1. The number of hydrogen-bond acceptors (Lipinski definition) is 3. The molecular weight excluding hydrogens is 257 g/mol. The molecule has 20 heavy (non-hydrogen) atoms. The molecule has 1 fully saturated rings. The lowest BCUT2D eigenvalue weighted by Crippen LogP contribution is -2.27. The summed E-state index contributed by atoms with van der Waals surface area (Å²) in [4.78, 5) is 0. The Morgan fingerprint density at radius 2 is 2.05 bits per heavy atom. The van der Waals surface area contributed by atoms with E-state index in [-0.39, 0.29) is 11.7 Å². The average Bonchev–Trinajstić information content (AvgIpc) is 3.27. The Hall–Kier alpha value is -0.970. The number of methoxy groups -OCH3 is 1. The fourth-order valence-electron chi connectivity index (χ4n) is 2.12. The van der Waals surface area contributed by atoms with Crippen molar-refractivity contribution >= 4 is 0 Å². The van der Waals surface area contributed by atoms with Gasteiger partial charge in [0.1, 0.15) is 5.82 Å². The van der Waals surface area contributed by atoms with Crippen molar-refractivity contribution in [2.45, 2.75) is 18.8 Å². The molecule has 1 N–H and O–H groups in total. The molecule has 1 aromatic carbocycles. The van der Waals surface area contributed by atoms with Crippen LogP contribution in [-0.2, 0) is 9.47 Å². The maximum Gasteiger partial charge on any atom is 0.123 e. The first-order chi connectivity index (χ1) is 9.79. The molecule has 0 spiro atoms. The predicted octanol–water partition coefficient (Wildman–Crippen LogP) is 2.57. The highest BCUT2D eigenvalue weighted by Gasteiger charge is 2.22. The number of benzene rings is 1. The average molecular weight is 281 g/mol. The second-order valence-corrected chi connectivity index (χ2v) is 5.43. The van der Waals surface area contributed by atoms with Gasteiger partial charge >= 0.3 is 0 Å². The first-order valence-electron chi connectivity index (χ1n) is 7.32. The molecule has 1 saturated carbocycles. The van der Waals surface area contributed by atoms with E-state index in [1.54, 1.807) is 7.11 Å². The van der Waals surface area contributed by atoms with Crippen molar-refractivity contribution in [2.24, 2.45) is 5.92 Å². The molecule has 1 aromatic rings. The van der Waals surface area contributed by atoms with Crippen LogP contribution in [-0.4, -0.2) is 40.0 Å². The summed E-state index contributed by atoms with van der Waals surface area (Å²) in [7, 11) is 1.69. The maximum absolute atomic E-state index is 13.0. The largest absolute Gasteiger partial charge is 0.383 e. The van der Waals surface area contributed by atoms with Gasteiger partial charge < -0.3 is 14.8 Å². The van der Waals surface area contributed by atoms with Crippen LogP contribution in [0.1, 0.15) is 24.3 Å². The van der Waals surface area contributed by atoms with Gasteiger partial charge in [0, 0.05) is 32.7 Å². The Balaban J connectivity index is 1.82. The SMILES string of the molecule is COCCNCC(COCC1CC1)c1ccc(F)cc1. The molecule has 0 bridgehead atoms. The third-order valence-electron chi connectivity index (χ3n) is 3.58. The zero-order valence-electron chi connectivity index (χ0n) is 12.1. The van der Waals surface area contributed by atoms with Crippen molar-refractivity contribution in [1.29, 1.82) is 0 Å². The third kappa shape index (κ3) is 5.57. The van der Waals surface area contributed by atoms with E-state index in [9.17, 15) is 4.39 Å². The van der Waals surface area contributed by atoms with E-state index in [1.165, 1.54) is 25.0 Å². The number of halogens is 1. The first-order valence-corrected chi connectivity index (χ1v) is 7.32. The van der Waals surface area contributed by atoms with Gasteiger partial charge in [-0.2, -0.15) is 0 Å². The molecule has 0 saturated heterocycles. The minimum Gasteiger partial charge on any atom is -0.383 e. The highest BCUT2D eigenvalue weighted by molar-refractivity contribution is 5.21. The molecule has 0 amide bonds. The standard InChI is InChI=1S/C16H24FNO2/c1-19-9-8-18-10-15(12-20-11-13-2-3-13)14-4-6-16(17)7-5-14/h4-7,13,15,18H,2-3,8-12H2,1H3. The van der Waals surface area contributed by atoms with E-state index in [2.05, 4.69) is 5.32 Å². The highest BCUT2D eigenvalue weighted by atomic mass is 19.1. The molecule has 1 aliphatic carbocycles.